The summed E-state index contributed by atoms with van der Waals surface area (Å²) in [7, 11) is -3.88. The lowest BCUT2D eigenvalue weighted by atomic mass is 10.1. The summed E-state index contributed by atoms with van der Waals surface area (Å²) in [5.41, 5.74) is 15.3. The maximum absolute atomic E-state index is 12.3. The molecule has 4 aromatic heterocycles. The number of hydrogen-bond donors (Lipinski definition) is 3. The summed E-state index contributed by atoms with van der Waals surface area (Å²) in [6.45, 7) is 3.33. The van der Waals surface area contributed by atoms with Gasteiger partial charge in [-0.25, -0.2) is 19.9 Å². The number of ether oxygens (including phenoxy) is 2. The van der Waals surface area contributed by atoms with Crippen molar-refractivity contribution in [2.24, 2.45) is 0 Å². The Morgan fingerprint density at radius 1 is 0.647 bits per heavy atom. The second kappa shape index (κ2) is 13.8. The summed E-state index contributed by atoms with van der Waals surface area (Å²) in [6, 6.07) is 33.7. The lowest BCUT2D eigenvalue weighted by molar-refractivity contribution is 0.482. The minimum Gasteiger partial charge on any atom is -0.457 e. The third kappa shape index (κ3) is 6.77. The molecule has 0 saturated heterocycles. The molecule has 8 rings (SSSR count). The van der Waals surface area contributed by atoms with Crippen molar-refractivity contribution in [2.45, 2.75) is 0 Å². The van der Waals surface area contributed by atoms with Crippen molar-refractivity contribution in [2.75, 3.05) is 11.5 Å². The molecule has 252 valence electrons. The molecule has 8 aromatic rings. The highest BCUT2D eigenvalue weighted by Gasteiger charge is 2.22. The highest BCUT2D eigenvalue weighted by Crippen LogP contribution is 2.33. The number of aromatic amines is 1. The second-order valence-corrected chi connectivity index (χ2v) is 12.5. The number of H-pyrrole nitrogens is 1. The van der Waals surface area contributed by atoms with Gasteiger partial charge in [0.1, 0.15) is 53.0 Å². The van der Waals surface area contributed by atoms with Gasteiger partial charge in [-0.1, -0.05) is 43.0 Å². The van der Waals surface area contributed by atoms with Gasteiger partial charge >= 0.3 is 0 Å². The maximum Gasteiger partial charge on any atom is 0.277 e. The zero-order valence-electron chi connectivity index (χ0n) is 26.7. The minimum absolute atomic E-state index is 0.0898. The van der Waals surface area contributed by atoms with Crippen LogP contribution in [0.3, 0.4) is 0 Å². The smallest absolute Gasteiger partial charge is 0.277 e. The van der Waals surface area contributed by atoms with Gasteiger partial charge in [0, 0.05) is 16.5 Å². The van der Waals surface area contributed by atoms with Crippen molar-refractivity contribution in [1.82, 2.24) is 39.3 Å². The summed E-state index contributed by atoms with van der Waals surface area (Å²) in [6.07, 6.45) is 2.59. The van der Waals surface area contributed by atoms with Crippen molar-refractivity contribution in [3.63, 3.8) is 0 Å². The standard InChI is InChI=1S/C19H15N5O3S.C17H13N5O/c1-2-28(25,26)24-19-16(18(20)21-12-22-19)17(23-24)13-8-10-15(11-9-13)27-14-6-4-3-5-7-14;18-16-14-15(21-22-17(14)20-10-19-16)11-6-8-13(9-7-11)23-12-4-2-1-3-5-12/h2-12H,1H2,(H2,20,21,22);1-10H,(H3,18,19,20,21,22). The van der Waals surface area contributed by atoms with Crippen LogP contribution in [-0.4, -0.2) is 47.7 Å². The van der Waals surface area contributed by atoms with Crippen LogP contribution in [0.4, 0.5) is 11.6 Å². The van der Waals surface area contributed by atoms with Crippen LogP contribution in [0.1, 0.15) is 0 Å². The van der Waals surface area contributed by atoms with Gasteiger partial charge < -0.3 is 20.9 Å². The van der Waals surface area contributed by atoms with E-state index in [2.05, 4.69) is 41.8 Å². The molecule has 4 aromatic carbocycles. The van der Waals surface area contributed by atoms with Crippen LogP contribution in [0.2, 0.25) is 0 Å². The Bertz CT molecular complexity index is 2580. The van der Waals surface area contributed by atoms with E-state index in [-0.39, 0.29) is 11.5 Å². The molecule has 4 heterocycles. The van der Waals surface area contributed by atoms with Gasteiger partial charge in [-0.2, -0.15) is 18.6 Å². The third-order valence-electron chi connectivity index (χ3n) is 7.53. The molecular weight excluding hydrogens is 669 g/mol. The van der Waals surface area contributed by atoms with Crippen LogP contribution in [0.25, 0.3) is 44.6 Å². The lowest BCUT2D eigenvalue weighted by Crippen LogP contribution is -2.11. The Morgan fingerprint density at radius 3 is 1.73 bits per heavy atom. The summed E-state index contributed by atoms with van der Waals surface area (Å²) in [4.78, 5) is 16.1. The molecule has 51 heavy (non-hydrogen) atoms. The monoisotopic (exact) mass is 696 g/mol. The first-order valence-electron chi connectivity index (χ1n) is 15.3. The average Bonchev–Trinajstić information content (AvgIpc) is 3.78. The zero-order valence-corrected chi connectivity index (χ0v) is 27.5. The van der Waals surface area contributed by atoms with Crippen molar-refractivity contribution >= 4 is 43.7 Å². The molecule has 0 spiro atoms. The van der Waals surface area contributed by atoms with Crippen LogP contribution >= 0.6 is 0 Å². The van der Waals surface area contributed by atoms with Crippen molar-refractivity contribution in [3.05, 3.63) is 134 Å². The number of anilines is 2. The van der Waals surface area contributed by atoms with Gasteiger partial charge in [0.05, 0.1) is 16.5 Å². The molecule has 14 nitrogen and oxygen atoms in total. The molecule has 0 aliphatic rings. The van der Waals surface area contributed by atoms with Gasteiger partial charge in [0.15, 0.2) is 11.3 Å². The largest absolute Gasteiger partial charge is 0.457 e. The van der Waals surface area contributed by atoms with Gasteiger partial charge in [0.2, 0.25) is 0 Å². The van der Waals surface area contributed by atoms with Crippen LogP contribution in [0, 0.1) is 0 Å². The Balaban J connectivity index is 0.000000162. The topological polar surface area (TPSA) is 203 Å². The first-order chi connectivity index (χ1) is 24.8. The number of nitrogen functional groups attached to an aromatic ring is 2. The Labute approximate surface area is 291 Å². The number of benzene rings is 4. The maximum atomic E-state index is 12.3. The number of fused-ring (bicyclic) bond motifs is 2. The predicted octanol–water partition coefficient (Wildman–Crippen LogP) is 6.58. The zero-order chi connectivity index (χ0) is 35.4. The van der Waals surface area contributed by atoms with E-state index < -0.39 is 10.0 Å². The molecule has 0 atom stereocenters. The van der Waals surface area contributed by atoms with E-state index >= 15 is 0 Å². The first kappa shape index (κ1) is 32.4. The molecule has 0 radical (unpaired) electrons. The molecule has 0 bridgehead atoms. The van der Waals surface area contributed by atoms with Gasteiger partial charge in [-0.15, -0.1) is 4.09 Å². The van der Waals surface area contributed by atoms with Gasteiger partial charge in [0.25, 0.3) is 10.0 Å². The summed E-state index contributed by atoms with van der Waals surface area (Å²) in [5, 5.41) is 13.2. The Hall–Kier alpha value is -7.13. The van der Waals surface area contributed by atoms with E-state index in [0.717, 1.165) is 37.6 Å². The number of nitrogens with zero attached hydrogens (tertiary/aromatic N) is 7. The van der Waals surface area contributed by atoms with Crippen LogP contribution in [-0.2, 0) is 10.0 Å². The summed E-state index contributed by atoms with van der Waals surface area (Å²) < 4.78 is 36.9. The molecule has 0 aliphatic carbocycles. The fourth-order valence-corrected chi connectivity index (χ4v) is 5.82. The van der Waals surface area contributed by atoms with Gasteiger partial charge in [-0.05, 0) is 72.8 Å². The van der Waals surface area contributed by atoms with Crippen molar-refractivity contribution in [3.8, 4) is 45.5 Å². The quantitative estimate of drug-likeness (QED) is 0.154. The molecule has 5 N–H and O–H groups in total. The fraction of sp³-hybridized carbons (Fsp3) is 0. The number of aromatic nitrogens is 8. The molecular formula is C36H28N10O4S. The Kier molecular flexibility index (Phi) is 8.75. The number of hydrogen-bond acceptors (Lipinski definition) is 12. The van der Waals surface area contributed by atoms with E-state index in [1.165, 1.54) is 12.7 Å². The minimum atomic E-state index is -3.88. The van der Waals surface area contributed by atoms with E-state index in [1.54, 1.807) is 24.3 Å². The van der Waals surface area contributed by atoms with Crippen molar-refractivity contribution < 1.29 is 17.9 Å². The molecule has 0 amide bonds. The first-order valence-corrected chi connectivity index (χ1v) is 16.8. The molecule has 0 fully saturated rings. The van der Waals surface area contributed by atoms with Crippen LogP contribution in [0.5, 0.6) is 23.0 Å². The Morgan fingerprint density at radius 2 is 1.16 bits per heavy atom. The number of nitrogens with one attached hydrogen (secondary N) is 1. The average molecular weight is 697 g/mol. The van der Waals surface area contributed by atoms with E-state index in [0.29, 0.717) is 39.6 Å². The molecule has 0 aliphatic heterocycles. The fourth-order valence-electron chi connectivity index (χ4n) is 5.11. The van der Waals surface area contributed by atoms with Gasteiger partial charge in [-0.3, -0.25) is 5.10 Å². The molecule has 15 heteroatoms. The highest BCUT2D eigenvalue weighted by atomic mass is 32.2. The van der Waals surface area contributed by atoms with Crippen LogP contribution < -0.4 is 20.9 Å². The lowest BCUT2D eigenvalue weighted by Gasteiger charge is -2.06. The molecule has 0 unspecified atom stereocenters. The van der Waals surface area contributed by atoms with E-state index in [9.17, 15) is 8.42 Å². The summed E-state index contributed by atoms with van der Waals surface area (Å²) in [5.74, 6) is 3.43. The second-order valence-electron chi connectivity index (χ2n) is 10.8. The highest BCUT2D eigenvalue weighted by molar-refractivity contribution is 7.92. The van der Waals surface area contributed by atoms with E-state index in [4.69, 9.17) is 20.9 Å². The predicted molar refractivity (Wildman–Crippen MR) is 194 cm³/mol. The SMILES string of the molecule is C=CS(=O)(=O)n1nc(-c2ccc(Oc3ccccc3)cc2)c2c(N)ncnc21.Nc1ncnc2n[nH]c(-c3ccc(Oc4ccccc4)cc3)c12. The number of rotatable bonds is 8. The molecule has 0 saturated carbocycles. The number of nitrogens with two attached hydrogens (primary N) is 2. The third-order valence-corrected chi connectivity index (χ3v) is 8.68. The van der Waals surface area contributed by atoms with E-state index in [1.807, 2.05) is 84.9 Å². The summed E-state index contributed by atoms with van der Waals surface area (Å²) >= 11 is 0. The van der Waals surface area contributed by atoms with Crippen molar-refractivity contribution in [1.29, 1.82) is 0 Å². The van der Waals surface area contributed by atoms with Crippen LogP contribution in [0.15, 0.2) is 134 Å². The normalized spacial score (nSPS) is 11.1. The number of para-hydroxylation sites is 2.